The highest BCUT2D eigenvalue weighted by atomic mass is 16.5. The summed E-state index contributed by atoms with van der Waals surface area (Å²) in [4.78, 5) is 25.9. The molecule has 0 saturated carbocycles. The van der Waals surface area contributed by atoms with E-state index in [1.54, 1.807) is 25.5 Å². The first-order chi connectivity index (χ1) is 16.0. The molecular formula is C25H30N6O2. The summed E-state index contributed by atoms with van der Waals surface area (Å²) >= 11 is 0. The molecule has 1 aliphatic rings. The van der Waals surface area contributed by atoms with Gasteiger partial charge in [-0.25, -0.2) is 9.97 Å². The third-order valence-electron chi connectivity index (χ3n) is 5.46. The quantitative estimate of drug-likeness (QED) is 0.469. The highest BCUT2D eigenvalue weighted by Crippen LogP contribution is 2.28. The van der Waals surface area contributed by atoms with Crippen molar-refractivity contribution in [3.05, 3.63) is 54.6 Å². The van der Waals surface area contributed by atoms with Gasteiger partial charge in [0.1, 0.15) is 11.6 Å². The average Bonchev–Trinajstić information content (AvgIpc) is 2.82. The number of carbonyl (C=O) groups is 1. The largest absolute Gasteiger partial charge is 0.381 e. The lowest BCUT2D eigenvalue weighted by Crippen LogP contribution is -2.30. The SMILES string of the molecule is CC(=CNc1nc(-c2ccnc(NC3CCOCC3)c2)cc2cnccc12)C(=O)NC(C)C. The van der Waals surface area contributed by atoms with E-state index in [-0.39, 0.29) is 11.9 Å². The molecule has 1 amide bonds. The Bertz CT molecular complexity index is 1150. The number of hydrogen-bond acceptors (Lipinski definition) is 7. The second kappa shape index (κ2) is 10.4. The number of nitrogens with zero attached hydrogens (tertiary/aromatic N) is 3. The van der Waals surface area contributed by atoms with Crippen molar-refractivity contribution in [2.24, 2.45) is 0 Å². The molecule has 0 bridgehead atoms. The van der Waals surface area contributed by atoms with Crippen molar-refractivity contribution < 1.29 is 9.53 Å². The smallest absolute Gasteiger partial charge is 0.248 e. The van der Waals surface area contributed by atoms with Crippen molar-refractivity contribution in [3.8, 4) is 11.3 Å². The van der Waals surface area contributed by atoms with Crippen LogP contribution >= 0.6 is 0 Å². The van der Waals surface area contributed by atoms with E-state index >= 15 is 0 Å². The predicted octanol–water partition coefficient (Wildman–Crippen LogP) is 4.12. The summed E-state index contributed by atoms with van der Waals surface area (Å²) in [6.45, 7) is 7.19. The van der Waals surface area contributed by atoms with Crippen LogP contribution in [0.4, 0.5) is 11.6 Å². The Hall–Kier alpha value is -3.52. The Morgan fingerprint density at radius 1 is 1.18 bits per heavy atom. The van der Waals surface area contributed by atoms with Gasteiger partial charge in [0.2, 0.25) is 5.91 Å². The van der Waals surface area contributed by atoms with Gasteiger partial charge in [-0.05, 0) is 57.9 Å². The van der Waals surface area contributed by atoms with Crippen molar-refractivity contribution in [1.29, 1.82) is 0 Å². The molecule has 0 unspecified atom stereocenters. The molecule has 33 heavy (non-hydrogen) atoms. The Kier molecular flexibility index (Phi) is 7.14. The molecule has 3 aromatic heterocycles. The summed E-state index contributed by atoms with van der Waals surface area (Å²) in [6, 6.07) is 8.32. The molecular weight excluding hydrogens is 416 g/mol. The Morgan fingerprint density at radius 3 is 2.79 bits per heavy atom. The number of nitrogens with one attached hydrogen (secondary N) is 3. The van der Waals surface area contributed by atoms with Crippen molar-refractivity contribution >= 4 is 28.3 Å². The van der Waals surface area contributed by atoms with Gasteiger partial charge in [-0.3, -0.25) is 9.78 Å². The van der Waals surface area contributed by atoms with Crippen LogP contribution in [0.3, 0.4) is 0 Å². The predicted molar refractivity (Wildman–Crippen MR) is 131 cm³/mol. The molecule has 3 N–H and O–H groups in total. The fourth-order valence-corrected chi connectivity index (χ4v) is 3.69. The molecule has 172 valence electrons. The third kappa shape index (κ3) is 5.84. The first-order valence-corrected chi connectivity index (χ1v) is 11.3. The molecule has 0 aromatic carbocycles. The molecule has 0 aliphatic carbocycles. The van der Waals surface area contributed by atoms with Crippen LogP contribution in [-0.4, -0.2) is 46.2 Å². The van der Waals surface area contributed by atoms with Crippen LogP contribution in [0.2, 0.25) is 0 Å². The zero-order chi connectivity index (χ0) is 23.2. The highest BCUT2D eigenvalue weighted by molar-refractivity contribution is 5.96. The lowest BCUT2D eigenvalue weighted by atomic mass is 10.1. The number of amides is 1. The summed E-state index contributed by atoms with van der Waals surface area (Å²) in [5, 5.41) is 11.5. The Labute approximate surface area is 193 Å². The van der Waals surface area contributed by atoms with Crippen LogP contribution in [0.5, 0.6) is 0 Å². The minimum Gasteiger partial charge on any atom is -0.381 e. The minimum absolute atomic E-state index is 0.0739. The lowest BCUT2D eigenvalue weighted by Gasteiger charge is -2.23. The number of ether oxygens (including phenoxy) is 1. The molecule has 8 nitrogen and oxygen atoms in total. The molecule has 3 aromatic rings. The van der Waals surface area contributed by atoms with Crippen LogP contribution in [0.15, 0.2) is 54.6 Å². The van der Waals surface area contributed by atoms with Gasteiger partial charge in [0.25, 0.3) is 0 Å². The van der Waals surface area contributed by atoms with E-state index in [0.29, 0.717) is 17.4 Å². The maximum absolute atomic E-state index is 12.3. The van der Waals surface area contributed by atoms with E-state index in [4.69, 9.17) is 9.72 Å². The number of carbonyl (C=O) groups excluding carboxylic acids is 1. The third-order valence-corrected chi connectivity index (χ3v) is 5.46. The summed E-state index contributed by atoms with van der Waals surface area (Å²) < 4.78 is 5.44. The van der Waals surface area contributed by atoms with Crippen LogP contribution in [-0.2, 0) is 9.53 Å². The van der Waals surface area contributed by atoms with Gasteiger partial charge in [0, 0.05) is 72.0 Å². The van der Waals surface area contributed by atoms with E-state index in [0.717, 1.165) is 53.9 Å². The van der Waals surface area contributed by atoms with Crippen molar-refractivity contribution in [2.45, 2.75) is 45.7 Å². The first-order valence-electron chi connectivity index (χ1n) is 11.3. The lowest BCUT2D eigenvalue weighted by molar-refractivity contribution is -0.117. The van der Waals surface area contributed by atoms with E-state index in [9.17, 15) is 4.79 Å². The molecule has 8 heteroatoms. The second-order valence-electron chi connectivity index (χ2n) is 8.51. The molecule has 0 atom stereocenters. The average molecular weight is 447 g/mol. The fourth-order valence-electron chi connectivity index (χ4n) is 3.69. The summed E-state index contributed by atoms with van der Waals surface area (Å²) in [5.74, 6) is 1.37. The molecule has 4 rings (SSSR count). The van der Waals surface area contributed by atoms with Gasteiger partial charge in [-0.15, -0.1) is 0 Å². The molecule has 1 fully saturated rings. The number of aromatic nitrogens is 3. The number of anilines is 2. The molecule has 0 spiro atoms. The van der Waals surface area contributed by atoms with Gasteiger partial charge in [-0.2, -0.15) is 0 Å². The fraction of sp³-hybridized carbons (Fsp3) is 0.360. The Balaban J connectivity index is 1.63. The highest BCUT2D eigenvalue weighted by Gasteiger charge is 2.15. The van der Waals surface area contributed by atoms with E-state index in [1.807, 2.05) is 44.3 Å². The standard InChI is InChI=1S/C25H30N6O2/c1-16(2)29-25(32)17(3)14-28-24-21-5-8-26-15-19(21)12-22(31-24)18-4-9-27-23(13-18)30-20-6-10-33-11-7-20/h4-5,8-9,12-16,20H,6-7,10-11H2,1-3H3,(H,27,30)(H,28,31)(H,29,32). The van der Waals surface area contributed by atoms with E-state index < -0.39 is 0 Å². The molecule has 1 aliphatic heterocycles. The number of hydrogen-bond donors (Lipinski definition) is 3. The summed E-state index contributed by atoms with van der Waals surface area (Å²) in [6.07, 6.45) is 8.97. The van der Waals surface area contributed by atoms with Crippen LogP contribution < -0.4 is 16.0 Å². The number of rotatable bonds is 7. The van der Waals surface area contributed by atoms with E-state index in [1.165, 1.54) is 0 Å². The van der Waals surface area contributed by atoms with E-state index in [2.05, 4.69) is 25.9 Å². The van der Waals surface area contributed by atoms with Crippen LogP contribution in [0, 0.1) is 0 Å². The maximum Gasteiger partial charge on any atom is 0.248 e. The normalized spacial score (nSPS) is 15.0. The zero-order valence-electron chi connectivity index (χ0n) is 19.3. The first kappa shape index (κ1) is 22.7. The van der Waals surface area contributed by atoms with Gasteiger partial charge >= 0.3 is 0 Å². The van der Waals surface area contributed by atoms with Crippen LogP contribution in [0.25, 0.3) is 22.0 Å². The monoisotopic (exact) mass is 446 g/mol. The van der Waals surface area contributed by atoms with Crippen molar-refractivity contribution in [1.82, 2.24) is 20.3 Å². The molecule has 0 radical (unpaired) electrons. The van der Waals surface area contributed by atoms with Gasteiger partial charge in [0.05, 0.1) is 5.69 Å². The molecule has 1 saturated heterocycles. The number of fused-ring (bicyclic) bond motifs is 1. The topological polar surface area (TPSA) is 101 Å². The maximum atomic E-state index is 12.3. The summed E-state index contributed by atoms with van der Waals surface area (Å²) in [5.41, 5.74) is 2.32. The zero-order valence-corrected chi connectivity index (χ0v) is 19.3. The van der Waals surface area contributed by atoms with Crippen LogP contribution in [0.1, 0.15) is 33.6 Å². The van der Waals surface area contributed by atoms with Gasteiger partial charge in [-0.1, -0.05) is 0 Å². The van der Waals surface area contributed by atoms with Crippen molar-refractivity contribution in [3.63, 3.8) is 0 Å². The van der Waals surface area contributed by atoms with Gasteiger partial charge < -0.3 is 20.7 Å². The summed E-state index contributed by atoms with van der Waals surface area (Å²) in [7, 11) is 0. The van der Waals surface area contributed by atoms with Crippen molar-refractivity contribution in [2.75, 3.05) is 23.8 Å². The molecule has 4 heterocycles. The second-order valence-corrected chi connectivity index (χ2v) is 8.51. The number of pyridine rings is 3. The van der Waals surface area contributed by atoms with Gasteiger partial charge in [0.15, 0.2) is 0 Å². The minimum atomic E-state index is -0.113. The Morgan fingerprint density at radius 2 is 2.00 bits per heavy atom.